The van der Waals surface area contributed by atoms with Crippen molar-refractivity contribution in [2.24, 2.45) is 0 Å². The molecule has 0 spiro atoms. The lowest BCUT2D eigenvalue weighted by Crippen LogP contribution is -2.36. The predicted octanol–water partition coefficient (Wildman–Crippen LogP) is 1.74. The number of anilines is 1. The molecule has 0 aliphatic rings. The highest BCUT2D eigenvalue weighted by Gasteiger charge is 2.32. The molecule has 0 bridgehead atoms. The molecule has 0 saturated heterocycles. The summed E-state index contributed by atoms with van der Waals surface area (Å²) in [6, 6.07) is 7.73. The van der Waals surface area contributed by atoms with Crippen LogP contribution in [0.3, 0.4) is 0 Å². The van der Waals surface area contributed by atoms with Crippen LogP contribution < -0.4 is 16.2 Å². The van der Waals surface area contributed by atoms with Crippen LogP contribution in [0.2, 0.25) is 0 Å². The number of carbonyl (C=O) groups excluding carboxylic acids is 2. The van der Waals surface area contributed by atoms with Crippen molar-refractivity contribution in [1.29, 1.82) is 0 Å². The van der Waals surface area contributed by atoms with Crippen molar-refractivity contribution in [3.8, 4) is 12.3 Å². The minimum atomic E-state index is -4.74. The maximum atomic E-state index is 12.5. The van der Waals surface area contributed by atoms with Crippen molar-refractivity contribution in [2.45, 2.75) is 6.18 Å². The zero-order valence-electron chi connectivity index (χ0n) is 13.1. The second kappa shape index (κ2) is 7.57. The number of carbonyl (C=O) groups is 2. The molecule has 134 valence electrons. The molecule has 0 saturated carbocycles. The Kier molecular flexibility index (Phi) is 5.47. The van der Waals surface area contributed by atoms with E-state index in [1.807, 2.05) is 0 Å². The predicted molar refractivity (Wildman–Crippen MR) is 87.4 cm³/mol. The second-order valence-corrected chi connectivity index (χ2v) is 5.07. The number of H-pyrrole nitrogens is 1. The van der Waals surface area contributed by atoms with E-state index in [-0.39, 0.29) is 0 Å². The first-order chi connectivity index (χ1) is 12.2. The fourth-order valence-electron chi connectivity index (χ4n) is 1.97. The molecule has 1 aromatic carbocycles. The maximum absolute atomic E-state index is 12.5. The van der Waals surface area contributed by atoms with Crippen LogP contribution in [-0.4, -0.2) is 23.3 Å². The number of amides is 2. The lowest BCUT2D eigenvalue weighted by atomic mass is 10.2. The Morgan fingerprint density at radius 1 is 1.19 bits per heavy atom. The van der Waals surface area contributed by atoms with Crippen LogP contribution in [-0.2, 0) is 11.0 Å². The topological polar surface area (TPSA) is 91.1 Å². The molecule has 0 radical (unpaired) electrons. The Labute approximate surface area is 145 Å². The third-order valence-electron chi connectivity index (χ3n) is 3.18. The van der Waals surface area contributed by atoms with Gasteiger partial charge in [0.2, 0.25) is 5.91 Å². The first-order valence-electron chi connectivity index (χ1n) is 7.16. The van der Waals surface area contributed by atoms with E-state index in [0.717, 1.165) is 6.07 Å². The van der Waals surface area contributed by atoms with Gasteiger partial charge in [0.1, 0.15) is 11.3 Å². The number of pyridine rings is 1. The number of aromatic nitrogens is 1. The van der Waals surface area contributed by atoms with Crippen LogP contribution in [0.25, 0.3) is 0 Å². The Bertz CT molecular complexity index is 942. The van der Waals surface area contributed by atoms with Gasteiger partial charge in [-0.1, -0.05) is 12.0 Å². The normalized spacial score (nSPS) is 10.7. The summed E-state index contributed by atoms with van der Waals surface area (Å²) in [4.78, 5) is 36.8. The molecular formula is C17H12F3N3O3. The fourth-order valence-corrected chi connectivity index (χ4v) is 1.97. The zero-order chi connectivity index (χ0) is 19.3. The molecule has 0 unspecified atom stereocenters. The number of benzene rings is 1. The van der Waals surface area contributed by atoms with Gasteiger partial charge in [-0.05, 0) is 30.3 Å². The van der Waals surface area contributed by atoms with E-state index in [1.54, 1.807) is 29.2 Å². The smallest absolute Gasteiger partial charge is 0.343 e. The summed E-state index contributed by atoms with van der Waals surface area (Å²) in [5, 5.41) is 4.64. The van der Waals surface area contributed by atoms with Crippen LogP contribution in [0.4, 0.5) is 18.9 Å². The van der Waals surface area contributed by atoms with Crippen LogP contribution >= 0.6 is 0 Å². The average Bonchev–Trinajstić information content (AvgIpc) is 2.59. The molecule has 3 N–H and O–H groups in total. The molecule has 2 amide bonds. The largest absolute Gasteiger partial charge is 0.431 e. The number of aromatic amines is 1. The van der Waals surface area contributed by atoms with Crippen molar-refractivity contribution in [3.05, 3.63) is 63.6 Å². The summed E-state index contributed by atoms with van der Waals surface area (Å²) in [5.74, 6) is 0.814. The Balaban J connectivity index is 1.99. The minimum Gasteiger partial charge on any atom is -0.343 e. The third kappa shape index (κ3) is 4.73. The molecule has 1 heterocycles. The van der Waals surface area contributed by atoms with Crippen LogP contribution in [0.5, 0.6) is 0 Å². The monoisotopic (exact) mass is 363 g/mol. The fraction of sp³-hybridized carbons (Fsp3) is 0.118. The van der Waals surface area contributed by atoms with Gasteiger partial charge in [0.25, 0.3) is 11.5 Å². The number of hydrogen-bond donors (Lipinski definition) is 3. The lowest BCUT2D eigenvalue weighted by molar-refractivity contribution is -0.141. The molecule has 9 heteroatoms. The first-order valence-corrected chi connectivity index (χ1v) is 7.16. The number of terminal acetylenes is 1. The van der Waals surface area contributed by atoms with Gasteiger partial charge in [-0.3, -0.25) is 14.4 Å². The van der Waals surface area contributed by atoms with Gasteiger partial charge in [-0.25, -0.2) is 0 Å². The van der Waals surface area contributed by atoms with Gasteiger partial charge in [-0.15, -0.1) is 6.42 Å². The van der Waals surface area contributed by atoms with E-state index in [0.29, 0.717) is 17.3 Å². The van der Waals surface area contributed by atoms with Crippen LogP contribution in [0.15, 0.2) is 41.2 Å². The minimum absolute atomic E-state index is 0.409. The molecular weight excluding hydrogens is 351 g/mol. The zero-order valence-corrected chi connectivity index (χ0v) is 13.1. The molecule has 0 aliphatic carbocycles. The molecule has 2 aromatic rings. The quantitative estimate of drug-likeness (QED) is 0.723. The highest BCUT2D eigenvalue weighted by Crippen LogP contribution is 2.26. The van der Waals surface area contributed by atoms with E-state index < -0.39 is 41.4 Å². The molecule has 0 atom stereocenters. The summed E-state index contributed by atoms with van der Waals surface area (Å²) in [5.41, 5.74) is -2.07. The average molecular weight is 363 g/mol. The molecule has 6 nitrogen and oxygen atoms in total. The van der Waals surface area contributed by atoms with E-state index in [4.69, 9.17) is 6.42 Å². The first kappa shape index (κ1) is 18.8. The maximum Gasteiger partial charge on any atom is 0.431 e. The summed E-state index contributed by atoms with van der Waals surface area (Å²) >= 11 is 0. The van der Waals surface area contributed by atoms with Gasteiger partial charge in [0.05, 0.1) is 6.54 Å². The molecule has 0 aliphatic heterocycles. The summed E-state index contributed by atoms with van der Waals surface area (Å²) < 4.78 is 37.4. The van der Waals surface area contributed by atoms with Crippen LogP contribution in [0.1, 0.15) is 21.6 Å². The lowest BCUT2D eigenvalue weighted by Gasteiger charge is -2.09. The van der Waals surface area contributed by atoms with Crippen molar-refractivity contribution in [1.82, 2.24) is 10.3 Å². The number of nitrogens with one attached hydrogen (secondary N) is 3. The Morgan fingerprint density at radius 3 is 2.54 bits per heavy atom. The summed E-state index contributed by atoms with van der Waals surface area (Å²) in [6.07, 6.45) is 0.506. The third-order valence-corrected chi connectivity index (χ3v) is 3.18. The highest BCUT2D eigenvalue weighted by atomic mass is 19.4. The van der Waals surface area contributed by atoms with E-state index in [2.05, 4.69) is 16.6 Å². The SMILES string of the molecule is C#Cc1cccc(NC(=O)CNC(=O)c2ccc(C(F)(F)F)[nH]c2=O)c1. The van der Waals surface area contributed by atoms with Gasteiger partial charge < -0.3 is 15.6 Å². The van der Waals surface area contributed by atoms with Gasteiger partial charge in [0.15, 0.2) is 0 Å². The highest BCUT2D eigenvalue weighted by molar-refractivity contribution is 5.99. The van der Waals surface area contributed by atoms with E-state index in [9.17, 15) is 27.6 Å². The van der Waals surface area contributed by atoms with Gasteiger partial charge in [0, 0.05) is 11.3 Å². The summed E-state index contributed by atoms with van der Waals surface area (Å²) in [6.45, 7) is -0.487. The molecule has 0 fully saturated rings. The Hall–Kier alpha value is -3.54. The molecule has 26 heavy (non-hydrogen) atoms. The number of rotatable bonds is 4. The van der Waals surface area contributed by atoms with Crippen molar-refractivity contribution < 1.29 is 22.8 Å². The van der Waals surface area contributed by atoms with E-state index >= 15 is 0 Å². The van der Waals surface area contributed by atoms with Crippen LogP contribution in [0, 0.1) is 12.3 Å². The number of halogens is 3. The second-order valence-electron chi connectivity index (χ2n) is 5.07. The summed E-state index contributed by atoms with van der Waals surface area (Å²) in [7, 11) is 0. The number of alkyl halides is 3. The Morgan fingerprint density at radius 2 is 1.92 bits per heavy atom. The van der Waals surface area contributed by atoms with Gasteiger partial charge in [-0.2, -0.15) is 13.2 Å². The standard InChI is InChI=1S/C17H12F3N3O3/c1-2-10-4-3-5-11(8-10)22-14(24)9-21-15(25)12-6-7-13(17(18,19)20)23-16(12)26/h1,3-8H,9H2,(H,21,25)(H,22,24)(H,23,26). The van der Waals surface area contributed by atoms with Crippen molar-refractivity contribution in [2.75, 3.05) is 11.9 Å². The molecule has 2 rings (SSSR count). The molecule has 1 aromatic heterocycles. The van der Waals surface area contributed by atoms with Gasteiger partial charge >= 0.3 is 6.18 Å². The van der Waals surface area contributed by atoms with Crippen molar-refractivity contribution in [3.63, 3.8) is 0 Å². The van der Waals surface area contributed by atoms with Crippen molar-refractivity contribution >= 4 is 17.5 Å². The number of hydrogen-bond acceptors (Lipinski definition) is 3. The van der Waals surface area contributed by atoms with E-state index in [1.165, 1.54) is 0 Å².